The molecule has 3 heterocycles. The van der Waals surface area contributed by atoms with Crippen LogP contribution in [0.5, 0.6) is 5.75 Å². The number of morpholine rings is 1. The van der Waals surface area contributed by atoms with Crippen LogP contribution in [-0.2, 0) is 16.0 Å². The van der Waals surface area contributed by atoms with Gasteiger partial charge >= 0.3 is 0 Å². The van der Waals surface area contributed by atoms with E-state index >= 15 is 0 Å². The summed E-state index contributed by atoms with van der Waals surface area (Å²) >= 11 is 6.25. The third-order valence-electron chi connectivity index (χ3n) is 6.14. The van der Waals surface area contributed by atoms with Crippen molar-refractivity contribution in [1.29, 1.82) is 0 Å². The van der Waals surface area contributed by atoms with Crippen LogP contribution in [0.2, 0.25) is 5.15 Å². The zero-order valence-corrected chi connectivity index (χ0v) is 22.0. The van der Waals surface area contributed by atoms with E-state index in [-0.39, 0.29) is 23.4 Å². The van der Waals surface area contributed by atoms with E-state index in [0.717, 1.165) is 24.3 Å². The molecular weight excluding hydrogens is 520 g/mol. The van der Waals surface area contributed by atoms with Gasteiger partial charge in [0, 0.05) is 30.4 Å². The van der Waals surface area contributed by atoms with Gasteiger partial charge in [-0.05, 0) is 29.8 Å². The molecule has 1 aliphatic rings. The smallest absolute Gasteiger partial charge is 0.255 e. The van der Waals surface area contributed by atoms with E-state index in [4.69, 9.17) is 21.1 Å². The number of pyridine rings is 1. The second-order valence-electron chi connectivity index (χ2n) is 8.86. The van der Waals surface area contributed by atoms with Crippen molar-refractivity contribution in [1.82, 2.24) is 14.8 Å². The Morgan fingerprint density at radius 1 is 1.03 bits per heavy atom. The fourth-order valence-corrected chi connectivity index (χ4v) is 4.46. The van der Waals surface area contributed by atoms with Crippen LogP contribution in [0.3, 0.4) is 0 Å². The normalized spacial score (nSPS) is 13.1. The first kappa shape index (κ1) is 26.2. The number of benzene rings is 2. The Morgan fingerprint density at radius 3 is 2.59 bits per heavy atom. The highest BCUT2D eigenvalue weighted by atomic mass is 35.5. The molecule has 1 aliphatic heterocycles. The van der Waals surface area contributed by atoms with E-state index in [2.05, 4.69) is 25.6 Å². The lowest BCUT2D eigenvalue weighted by Gasteiger charge is -2.30. The van der Waals surface area contributed by atoms with E-state index in [1.807, 2.05) is 42.5 Å². The van der Waals surface area contributed by atoms with Crippen molar-refractivity contribution in [3.63, 3.8) is 0 Å². The minimum absolute atomic E-state index is 0.128. The van der Waals surface area contributed by atoms with Gasteiger partial charge in [-0.2, -0.15) is 5.10 Å². The Morgan fingerprint density at radius 2 is 1.82 bits per heavy atom. The summed E-state index contributed by atoms with van der Waals surface area (Å²) < 4.78 is 12.5. The van der Waals surface area contributed by atoms with Crippen LogP contribution in [0.25, 0.3) is 5.82 Å². The number of anilines is 3. The number of hydrogen-bond donors (Lipinski definition) is 2. The van der Waals surface area contributed by atoms with Crippen LogP contribution in [0.1, 0.15) is 15.9 Å². The molecule has 200 valence electrons. The SMILES string of the molecule is COc1cc(NC(=O)c2cc(Cl)nc(-n3cc(NC(=O)Cc4ccccc4)cn3)c2)ccc1N1CCOCC1. The Hall–Kier alpha value is -4.41. The highest BCUT2D eigenvalue weighted by Crippen LogP contribution is 2.32. The molecule has 0 aliphatic carbocycles. The van der Waals surface area contributed by atoms with Gasteiger partial charge < -0.3 is 25.0 Å². The zero-order chi connectivity index (χ0) is 27.2. The Kier molecular flexibility index (Phi) is 8.04. The summed E-state index contributed by atoms with van der Waals surface area (Å²) in [5.74, 6) is 0.443. The molecule has 0 unspecified atom stereocenters. The maximum Gasteiger partial charge on any atom is 0.255 e. The lowest BCUT2D eigenvalue weighted by molar-refractivity contribution is -0.115. The third kappa shape index (κ3) is 6.54. The first-order valence-corrected chi connectivity index (χ1v) is 12.7. The van der Waals surface area contributed by atoms with Crippen LogP contribution in [0.4, 0.5) is 17.1 Å². The van der Waals surface area contributed by atoms with Gasteiger partial charge in [-0.25, -0.2) is 9.67 Å². The summed E-state index contributed by atoms with van der Waals surface area (Å²) in [5.41, 5.74) is 3.22. The van der Waals surface area contributed by atoms with Gasteiger partial charge in [0.15, 0.2) is 5.82 Å². The fraction of sp³-hybridized carbons (Fsp3) is 0.214. The number of amides is 2. The largest absolute Gasteiger partial charge is 0.495 e. The number of ether oxygens (including phenoxy) is 2. The van der Waals surface area contributed by atoms with Gasteiger partial charge in [-0.1, -0.05) is 41.9 Å². The average Bonchev–Trinajstić information content (AvgIpc) is 3.42. The maximum atomic E-state index is 13.1. The molecule has 11 heteroatoms. The zero-order valence-electron chi connectivity index (χ0n) is 21.3. The van der Waals surface area contributed by atoms with E-state index in [1.165, 1.54) is 16.9 Å². The second kappa shape index (κ2) is 12.0. The highest BCUT2D eigenvalue weighted by Gasteiger charge is 2.17. The number of nitrogens with one attached hydrogen (secondary N) is 2. The number of nitrogens with zero attached hydrogens (tertiary/aromatic N) is 4. The summed E-state index contributed by atoms with van der Waals surface area (Å²) in [6, 6.07) is 18.0. The fourth-order valence-electron chi connectivity index (χ4n) is 4.25. The van der Waals surface area contributed by atoms with Crippen LogP contribution in [0.15, 0.2) is 73.1 Å². The Labute approximate surface area is 230 Å². The number of carbonyl (C=O) groups is 2. The van der Waals surface area contributed by atoms with Gasteiger partial charge in [-0.15, -0.1) is 0 Å². The molecule has 10 nitrogen and oxygen atoms in total. The predicted molar refractivity (Wildman–Crippen MR) is 149 cm³/mol. The molecule has 2 N–H and O–H groups in total. The quantitative estimate of drug-likeness (QED) is 0.319. The number of hydrogen-bond acceptors (Lipinski definition) is 7. The topological polar surface area (TPSA) is 111 Å². The molecule has 0 bridgehead atoms. The van der Waals surface area contributed by atoms with E-state index in [0.29, 0.717) is 41.7 Å². The molecular formula is C28H27ClN6O4. The minimum Gasteiger partial charge on any atom is -0.495 e. The second-order valence-corrected chi connectivity index (χ2v) is 9.25. The number of rotatable bonds is 8. The van der Waals surface area contributed by atoms with Crippen LogP contribution in [0, 0.1) is 0 Å². The van der Waals surface area contributed by atoms with Crippen LogP contribution in [-0.4, -0.2) is 60.0 Å². The summed E-state index contributed by atoms with van der Waals surface area (Å²) in [6.07, 6.45) is 3.36. The van der Waals surface area contributed by atoms with Crippen molar-refractivity contribution in [2.45, 2.75) is 6.42 Å². The number of halogens is 1. The number of aromatic nitrogens is 3. The van der Waals surface area contributed by atoms with Gasteiger partial charge in [-0.3, -0.25) is 9.59 Å². The molecule has 2 aromatic heterocycles. The molecule has 4 aromatic rings. The lowest BCUT2D eigenvalue weighted by atomic mass is 10.1. The summed E-state index contributed by atoms with van der Waals surface area (Å²) in [4.78, 5) is 32.0. The van der Waals surface area contributed by atoms with Crippen molar-refractivity contribution >= 4 is 40.5 Å². The molecule has 0 radical (unpaired) electrons. The van der Waals surface area contributed by atoms with E-state index < -0.39 is 0 Å². The molecule has 0 atom stereocenters. The van der Waals surface area contributed by atoms with E-state index in [9.17, 15) is 9.59 Å². The summed E-state index contributed by atoms with van der Waals surface area (Å²) in [5, 5.41) is 10.1. The lowest BCUT2D eigenvalue weighted by Crippen LogP contribution is -2.36. The first-order valence-electron chi connectivity index (χ1n) is 12.4. The number of methoxy groups -OCH3 is 1. The molecule has 5 rings (SSSR count). The van der Waals surface area contributed by atoms with E-state index in [1.54, 1.807) is 25.4 Å². The van der Waals surface area contributed by atoms with Gasteiger partial charge in [0.25, 0.3) is 5.91 Å². The van der Waals surface area contributed by atoms with Crippen molar-refractivity contribution in [3.05, 3.63) is 89.3 Å². The Balaban J connectivity index is 1.28. The van der Waals surface area contributed by atoms with Gasteiger partial charge in [0.05, 0.1) is 50.5 Å². The molecule has 0 saturated carbocycles. The Bertz CT molecular complexity index is 1470. The van der Waals surface area contributed by atoms with Crippen molar-refractivity contribution in [2.75, 3.05) is 48.9 Å². The summed E-state index contributed by atoms with van der Waals surface area (Å²) in [7, 11) is 1.60. The molecule has 1 saturated heterocycles. The molecule has 0 spiro atoms. The molecule has 2 aromatic carbocycles. The van der Waals surface area contributed by atoms with Crippen molar-refractivity contribution in [3.8, 4) is 11.6 Å². The molecule has 2 amide bonds. The molecule has 39 heavy (non-hydrogen) atoms. The van der Waals surface area contributed by atoms with Gasteiger partial charge in [0.1, 0.15) is 10.9 Å². The predicted octanol–water partition coefficient (Wildman–Crippen LogP) is 4.20. The van der Waals surface area contributed by atoms with Crippen LogP contribution < -0.4 is 20.3 Å². The van der Waals surface area contributed by atoms with Crippen LogP contribution >= 0.6 is 11.6 Å². The molecule has 1 fully saturated rings. The highest BCUT2D eigenvalue weighted by molar-refractivity contribution is 6.30. The third-order valence-corrected chi connectivity index (χ3v) is 6.33. The van der Waals surface area contributed by atoms with Crippen molar-refractivity contribution in [2.24, 2.45) is 0 Å². The average molecular weight is 547 g/mol. The maximum absolute atomic E-state index is 13.1. The minimum atomic E-state index is -0.370. The summed E-state index contributed by atoms with van der Waals surface area (Å²) in [6.45, 7) is 2.85. The standard InChI is InChI=1S/C28H27ClN6O4/c1-38-24-16-21(7-8-23(24)34-9-11-39-12-10-34)32-28(37)20-14-25(29)33-26(15-20)35-18-22(17-30-35)31-27(36)13-19-5-3-2-4-6-19/h2-8,14-18H,9-13H2,1H3,(H,31,36)(H,32,37). The monoisotopic (exact) mass is 546 g/mol. The first-order chi connectivity index (χ1) is 19.0. The number of carbonyl (C=O) groups excluding carboxylic acids is 2. The van der Waals surface area contributed by atoms with Gasteiger partial charge in [0.2, 0.25) is 5.91 Å². The van der Waals surface area contributed by atoms with Crippen molar-refractivity contribution < 1.29 is 19.1 Å².